The summed E-state index contributed by atoms with van der Waals surface area (Å²) in [6, 6.07) is 7.93. The van der Waals surface area contributed by atoms with E-state index in [2.05, 4.69) is 17.4 Å². The fraction of sp³-hybridized carbons (Fsp3) is 0.588. The lowest BCUT2D eigenvalue weighted by molar-refractivity contribution is -0.921. The maximum atomic E-state index is 12.0. The Morgan fingerprint density at radius 3 is 2.68 bits per heavy atom. The van der Waals surface area contributed by atoms with Gasteiger partial charge < -0.3 is 19.7 Å². The van der Waals surface area contributed by atoms with Gasteiger partial charge in [-0.1, -0.05) is 12.1 Å². The number of hydrogen-bond acceptors (Lipinski definition) is 3. The van der Waals surface area contributed by atoms with Crippen LogP contribution in [-0.4, -0.2) is 52.0 Å². The van der Waals surface area contributed by atoms with Crippen molar-refractivity contribution < 1.29 is 19.2 Å². The van der Waals surface area contributed by atoms with Crippen molar-refractivity contribution in [3.8, 4) is 0 Å². The number of amides is 1. The van der Waals surface area contributed by atoms with Crippen LogP contribution in [0.1, 0.15) is 29.3 Å². The van der Waals surface area contributed by atoms with Gasteiger partial charge in [-0.25, -0.2) is 0 Å². The summed E-state index contributed by atoms with van der Waals surface area (Å²) in [7, 11) is 0. The fourth-order valence-corrected chi connectivity index (χ4v) is 2.52. The third kappa shape index (κ3) is 5.75. The van der Waals surface area contributed by atoms with Gasteiger partial charge in [0.2, 0.25) is 0 Å². The van der Waals surface area contributed by atoms with Crippen molar-refractivity contribution in [3.63, 3.8) is 0 Å². The molecule has 0 aromatic heterocycles. The molecule has 1 aromatic carbocycles. The van der Waals surface area contributed by atoms with Gasteiger partial charge in [0.05, 0.1) is 13.2 Å². The van der Waals surface area contributed by atoms with Gasteiger partial charge in [0.1, 0.15) is 19.6 Å². The van der Waals surface area contributed by atoms with E-state index >= 15 is 0 Å². The summed E-state index contributed by atoms with van der Waals surface area (Å²) in [6.07, 6.45) is 0.845. The van der Waals surface area contributed by atoms with E-state index in [4.69, 9.17) is 9.47 Å². The first-order valence-electron chi connectivity index (χ1n) is 8.16. The largest absolute Gasteiger partial charge is 0.382 e. The summed E-state index contributed by atoms with van der Waals surface area (Å²) < 4.78 is 10.6. The van der Waals surface area contributed by atoms with Crippen molar-refractivity contribution >= 4 is 5.91 Å². The average molecular weight is 307 g/mol. The fourth-order valence-electron chi connectivity index (χ4n) is 2.52. The van der Waals surface area contributed by atoms with Crippen LogP contribution in [0.5, 0.6) is 0 Å². The van der Waals surface area contributed by atoms with Crippen LogP contribution in [0.25, 0.3) is 0 Å². The van der Waals surface area contributed by atoms with E-state index in [1.165, 1.54) is 5.56 Å². The molecular formula is C17H27N2O3+. The highest BCUT2D eigenvalue weighted by Gasteiger charge is 2.14. The molecule has 1 aliphatic heterocycles. The predicted octanol–water partition coefficient (Wildman–Crippen LogP) is 0.258. The van der Waals surface area contributed by atoms with Crippen molar-refractivity contribution in [3.05, 3.63) is 35.4 Å². The molecule has 0 bridgehead atoms. The zero-order chi connectivity index (χ0) is 15.6. The molecule has 22 heavy (non-hydrogen) atoms. The molecule has 1 amide bonds. The lowest BCUT2D eigenvalue weighted by Gasteiger charge is -2.23. The minimum absolute atomic E-state index is 0.0123. The molecule has 2 N–H and O–H groups in total. The van der Waals surface area contributed by atoms with Crippen LogP contribution in [-0.2, 0) is 16.0 Å². The first kappa shape index (κ1) is 16.9. The summed E-state index contributed by atoms with van der Waals surface area (Å²) in [6.45, 7) is 8.84. The SMILES string of the molecule is CCOCCCNC(=O)c1ccc(C[NH+]2CCOCC2)cc1. The molecular weight excluding hydrogens is 280 g/mol. The minimum atomic E-state index is -0.0123. The highest BCUT2D eigenvalue weighted by Crippen LogP contribution is 2.03. The van der Waals surface area contributed by atoms with Gasteiger partial charge in [-0.3, -0.25) is 4.79 Å². The Bertz CT molecular complexity index is 442. The van der Waals surface area contributed by atoms with Gasteiger partial charge in [0, 0.05) is 30.9 Å². The number of carbonyl (C=O) groups excluding carboxylic acids is 1. The van der Waals surface area contributed by atoms with E-state index in [1.54, 1.807) is 4.90 Å². The molecule has 0 spiro atoms. The van der Waals surface area contributed by atoms with Gasteiger partial charge >= 0.3 is 0 Å². The topological polar surface area (TPSA) is 52.0 Å². The molecule has 0 atom stereocenters. The average Bonchev–Trinajstić information content (AvgIpc) is 2.56. The van der Waals surface area contributed by atoms with Crippen LogP contribution < -0.4 is 10.2 Å². The molecule has 0 saturated carbocycles. The summed E-state index contributed by atoms with van der Waals surface area (Å²) >= 11 is 0. The number of nitrogens with one attached hydrogen (secondary N) is 2. The highest BCUT2D eigenvalue weighted by molar-refractivity contribution is 5.94. The first-order valence-corrected chi connectivity index (χ1v) is 8.16. The Balaban J connectivity index is 1.74. The molecule has 1 aliphatic rings. The Hall–Kier alpha value is -1.43. The van der Waals surface area contributed by atoms with Crippen molar-refractivity contribution in [1.29, 1.82) is 0 Å². The Labute approximate surface area is 132 Å². The smallest absolute Gasteiger partial charge is 0.251 e. The number of rotatable bonds is 8. The second-order valence-electron chi connectivity index (χ2n) is 5.54. The molecule has 2 rings (SSSR count). The molecule has 5 heteroatoms. The number of hydrogen-bond donors (Lipinski definition) is 2. The van der Waals surface area contributed by atoms with Crippen LogP contribution >= 0.6 is 0 Å². The van der Waals surface area contributed by atoms with E-state index in [0.717, 1.165) is 51.4 Å². The molecule has 122 valence electrons. The van der Waals surface area contributed by atoms with E-state index in [9.17, 15) is 4.79 Å². The van der Waals surface area contributed by atoms with Crippen LogP contribution in [0.2, 0.25) is 0 Å². The third-order valence-electron chi connectivity index (χ3n) is 3.83. The molecule has 1 heterocycles. The molecule has 0 aliphatic carbocycles. The quantitative estimate of drug-likeness (QED) is 0.677. The molecule has 1 saturated heterocycles. The summed E-state index contributed by atoms with van der Waals surface area (Å²) in [5.74, 6) is -0.0123. The second-order valence-corrected chi connectivity index (χ2v) is 5.54. The van der Waals surface area contributed by atoms with Gasteiger partial charge in [-0.05, 0) is 25.5 Å². The standard InChI is InChI=1S/C17H26N2O3/c1-2-21-11-3-8-18-17(20)16-6-4-15(5-7-16)14-19-9-12-22-13-10-19/h4-7H,2-3,8-14H2,1H3,(H,18,20)/p+1. The van der Waals surface area contributed by atoms with Crippen LogP contribution in [0.4, 0.5) is 0 Å². The highest BCUT2D eigenvalue weighted by atomic mass is 16.5. The van der Waals surface area contributed by atoms with E-state index in [-0.39, 0.29) is 5.91 Å². The minimum Gasteiger partial charge on any atom is -0.382 e. The van der Waals surface area contributed by atoms with Gasteiger partial charge in [0.15, 0.2) is 0 Å². The van der Waals surface area contributed by atoms with E-state index < -0.39 is 0 Å². The lowest BCUT2D eigenvalue weighted by atomic mass is 10.1. The van der Waals surface area contributed by atoms with Gasteiger partial charge in [-0.2, -0.15) is 0 Å². The maximum Gasteiger partial charge on any atom is 0.251 e. The second kappa shape index (κ2) is 9.56. The van der Waals surface area contributed by atoms with Crippen LogP contribution in [0.3, 0.4) is 0 Å². The number of quaternary nitrogens is 1. The van der Waals surface area contributed by atoms with Crippen molar-refractivity contribution in [1.82, 2.24) is 5.32 Å². The Morgan fingerprint density at radius 1 is 1.27 bits per heavy atom. The molecule has 0 radical (unpaired) electrons. The Kier molecular flexibility index (Phi) is 7.36. The lowest BCUT2D eigenvalue weighted by Crippen LogP contribution is -3.12. The number of ether oxygens (including phenoxy) is 2. The Morgan fingerprint density at radius 2 is 2.00 bits per heavy atom. The van der Waals surface area contributed by atoms with Gasteiger partial charge in [-0.15, -0.1) is 0 Å². The summed E-state index contributed by atoms with van der Waals surface area (Å²) in [5.41, 5.74) is 1.99. The third-order valence-corrected chi connectivity index (χ3v) is 3.83. The number of carbonyl (C=O) groups is 1. The van der Waals surface area contributed by atoms with Gasteiger partial charge in [0.25, 0.3) is 5.91 Å². The normalized spacial score (nSPS) is 15.7. The van der Waals surface area contributed by atoms with E-state index in [1.807, 2.05) is 19.1 Å². The van der Waals surface area contributed by atoms with Crippen LogP contribution in [0.15, 0.2) is 24.3 Å². The predicted molar refractivity (Wildman–Crippen MR) is 85.1 cm³/mol. The van der Waals surface area contributed by atoms with Crippen LogP contribution in [0, 0.1) is 0 Å². The van der Waals surface area contributed by atoms with E-state index in [0.29, 0.717) is 13.2 Å². The van der Waals surface area contributed by atoms with Crippen molar-refractivity contribution in [2.75, 3.05) is 46.1 Å². The summed E-state index contributed by atoms with van der Waals surface area (Å²) in [5, 5.41) is 2.92. The number of benzene rings is 1. The van der Waals surface area contributed by atoms with Crippen molar-refractivity contribution in [2.45, 2.75) is 19.9 Å². The molecule has 5 nitrogen and oxygen atoms in total. The van der Waals surface area contributed by atoms with Crippen molar-refractivity contribution in [2.24, 2.45) is 0 Å². The maximum absolute atomic E-state index is 12.0. The monoisotopic (exact) mass is 307 g/mol. The summed E-state index contributed by atoms with van der Waals surface area (Å²) in [4.78, 5) is 13.5. The molecule has 1 aromatic rings. The molecule has 0 unspecified atom stereocenters. The zero-order valence-electron chi connectivity index (χ0n) is 13.4. The first-order chi connectivity index (χ1) is 10.8. The zero-order valence-corrected chi connectivity index (χ0v) is 13.4. The molecule has 1 fully saturated rings. The number of morpholine rings is 1.